The van der Waals surface area contributed by atoms with Crippen molar-refractivity contribution in [2.45, 2.75) is 19.4 Å². The van der Waals surface area contributed by atoms with E-state index in [1.807, 2.05) is 6.92 Å². The third-order valence-electron chi connectivity index (χ3n) is 1.36. The van der Waals surface area contributed by atoms with Gasteiger partial charge in [0.05, 0.1) is 0 Å². The van der Waals surface area contributed by atoms with E-state index in [-0.39, 0.29) is 6.04 Å². The van der Waals surface area contributed by atoms with E-state index in [1.54, 1.807) is 0 Å². The molecule has 5 nitrogen and oxygen atoms in total. The average molecular weight is 195 g/mol. The van der Waals surface area contributed by atoms with Gasteiger partial charge in [-0.2, -0.15) is 12.7 Å². The summed E-state index contributed by atoms with van der Waals surface area (Å²) in [5, 5.41) is 0. The minimum Gasteiger partial charge on any atom is -0.328 e. The zero-order chi connectivity index (χ0) is 9.78. The molecule has 0 aliphatic carbocycles. The summed E-state index contributed by atoms with van der Waals surface area (Å²) < 4.78 is 25.7. The molecule has 1 atom stereocenters. The Morgan fingerprint density at radius 1 is 1.50 bits per heavy atom. The molecule has 0 rings (SSSR count). The fourth-order valence-electron chi connectivity index (χ4n) is 0.545. The molecule has 0 heterocycles. The Kier molecular flexibility index (Phi) is 4.69. The van der Waals surface area contributed by atoms with Gasteiger partial charge in [-0.25, -0.2) is 4.72 Å². The molecule has 0 aromatic carbocycles. The Labute approximate surface area is 74.1 Å². The molecule has 3 N–H and O–H groups in total. The maximum absolute atomic E-state index is 11.1. The lowest BCUT2D eigenvalue weighted by Crippen LogP contribution is -2.37. The van der Waals surface area contributed by atoms with Gasteiger partial charge in [0.2, 0.25) is 0 Å². The van der Waals surface area contributed by atoms with Gasteiger partial charge < -0.3 is 5.73 Å². The third kappa shape index (κ3) is 4.66. The number of nitrogens with zero attached hydrogens (tertiary/aromatic N) is 1. The van der Waals surface area contributed by atoms with Crippen molar-refractivity contribution in [2.75, 3.05) is 20.6 Å². The van der Waals surface area contributed by atoms with Crippen molar-refractivity contribution < 1.29 is 8.42 Å². The molecule has 74 valence electrons. The van der Waals surface area contributed by atoms with E-state index < -0.39 is 10.2 Å². The van der Waals surface area contributed by atoms with Crippen molar-refractivity contribution in [3.8, 4) is 0 Å². The molecule has 0 aromatic rings. The van der Waals surface area contributed by atoms with Crippen LogP contribution < -0.4 is 10.5 Å². The maximum Gasteiger partial charge on any atom is 0.278 e. The van der Waals surface area contributed by atoms with Gasteiger partial charge in [0.15, 0.2) is 0 Å². The molecule has 12 heavy (non-hydrogen) atoms. The van der Waals surface area contributed by atoms with E-state index in [9.17, 15) is 8.42 Å². The summed E-state index contributed by atoms with van der Waals surface area (Å²) >= 11 is 0. The van der Waals surface area contributed by atoms with Crippen LogP contribution in [0.4, 0.5) is 0 Å². The highest BCUT2D eigenvalue weighted by molar-refractivity contribution is 7.87. The zero-order valence-electron chi connectivity index (χ0n) is 7.74. The van der Waals surface area contributed by atoms with Gasteiger partial charge >= 0.3 is 0 Å². The topological polar surface area (TPSA) is 75.4 Å². The summed E-state index contributed by atoms with van der Waals surface area (Å²) in [6.45, 7) is 2.22. The van der Waals surface area contributed by atoms with Crippen LogP contribution in [0.1, 0.15) is 13.3 Å². The minimum atomic E-state index is -3.27. The van der Waals surface area contributed by atoms with Gasteiger partial charge in [0.25, 0.3) is 10.2 Å². The highest BCUT2D eigenvalue weighted by Crippen LogP contribution is 1.89. The number of rotatable bonds is 5. The molecule has 0 bridgehead atoms. The Morgan fingerprint density at radius 2 is 2.00 bits per heavy atom. The lowest BCUT2D eigenvalue weighted by molar-refractivity contribution is 0.501. The first-order valence-electron chi connectivity index (χ1n) is 3.79. The van der Waals surface area contributed by atoms with Crippen molar-refractivity contribution in [1.29, 1.82) is 0 Å². The molecule has 6 heteroatoms. The minimum absolute atomic E-state index is 0.0230. The number of hydrogen-bond acceptors (Lipinski definition) is 3. The summed E-state index contributed by atoms with van der Waals surface area (Å²) in [6, 6.07) is 0.0230. The fraction of sp³-hybridized carbons (Fsp3) is 1.00. The smallest absolute Gasteiger partial charge is 0.278 e. The molecule has 0 spiro atoms. The van der Waals surface area contributed by atoms with Crippen molar-refractivity contribution in [2.24, 2.45) is 5.73 Å². The lowest BCUT2D eigenvalue weighted by atomic mass is 10.3. The van der Waals surface area contributed by atoms with Crippen LogP contribution in [0, 0.1) is 0 Å². The maximum atomic E-state index is 11.1. The van der Waals surface area contributed by atoms with Crippen LogP contribution in [-0.2, 0) is 10.2 Å². The van der Waals surface area contributed by atoms with E-state index in [4.69, 9.17) is 5.73 Å². The average Bonchev–Trinajstić information content (AvgIpc) is 1.85. The Bertz CT molecular complexity index is 211. The molecule has 0 aliphatic heterocycles. The molecule has 1 unspecified atom stereocenters. The van der Waals surface area contributed by atoms with Gasteiger partial charge in [0.1, 0.15) is 0 Å². The summed E-state index contributed by atoms with van der Waals surface area (Å²) in [4.78, 5) is 0. The summed E-state index contributed by atoms with van der Waals surface area (Å²) in [6.07, 6.45) is 0.646. The Balaban J connectivity index is 3.79. The predicted octanol–water partition coefficient (Wildman–Crippen LogP) is -0.880. The SMILES string of the molecule is CC(N)CCNS(=O)(=O)N(C)C. The van der Waals surface area contributed by atoms with Crippen LogP contribution in [0.3, 0.4) is 0 Å². The highest BCUT2D eigenvalue weighted by atomic mass is 32.2. The molecule has 0 radical (unpaired) electrons. The predicted molar refractivity (Wildman–Crippen MR) is 48.9 cm³/mol. The molecular weight excluding hydrogens is 178 g/mol. The normalized spacial score (nSPS) is 15.1. The third-order valence-corrected chi connectivity index (χ3v) is 2.90. The fourth-order valence-corrected chi connectivity index (χ4v) is 1.18. The number of nitrogens with two attached hydrogens (primary N) is 1. The first-order valence-corrected chi connectivity index (χ1v) is 5.23. The number of nitrogens with one attached hydrogen (secondary N) is 1. The van der Waals surface area contributed by atoms with Gasteiger partial charge in [-0.3, -0.25) is 0 Å². The van der Waals surface area contributed by atoms with Crippen LogP contribution in [0.5, 0.6) is 0 Å². The molecule has 0 saturated carbocycles. The molecule has 0 aliphatic rings. The molecule has 0 amide bonds. The van der Waals surface area contributed by atoms with Crippen molar-refractivity contribution >= 4 is 10.2 Å². The number of hydrogen-bond donors (Lipinski definition) is 2. The van der Waals surface area contributed by atoms with Crippen LogP contribution in [0.25, 0.3) is 0 Å². The molecule has 0 fully saturated rings. The summed E-state index contributed by atoms with van der Waals surface area (Å²) in [7, 11) is -0.305. The summed E-state index contributed by atoms with van der Waals surface area (Å²) in [5.74, 6) is 0. The van der Waals surface area contributed by atoms with Gasteiger partial charge in [0, 0.05) is 26.7 Å². The zero-order valence-corrected chi connectivity index (χ0v) is 8.56. The van der Waals surface area contributed by atoms with E-state index in [1.165, 1.54) is 14.1 Å². The molecular formula is C6H17N3O2S. The van der Waals surface area contributed by atoms with Gasteiger partial charge in [-0.05, 0) is 13.3 Å². The second-order valence-corrected chi connectivity index (χ2v) is 4.92. The van der Waals surface area contributed by atoms with Crippen LogP contribution >= 0.6 is 0 Å². The van der Waals surface area contributed by atoms with Gasteiger partial charge in [-0.1, -0.05) is 0 Å². The van der Waals surface area contributed by atoms with Crippen molar-refractivity contribution in [3.63, 3.8) is 0 Å². The standard InChI is InChI=1S/C6H17N3O2S/c1-6(7)4-5-8-12(10,11)9(2)3/h6,8H,4-5,7H2,1-3H3. The van der Waals surface area contributed by atoms with Crippen LogP contribution in [-0.4, -0.2) is 39.4 Å². The van der Waals surface area contributed by atoms with Crippen LogP contribution in [0.2, 0.25) is 0 Å². The van der Waals surface area contributed by atoms with Crippen LogP contribution in [0.15, 0.2) is 0 Å². The first-order chi connectivity index (χ1) is 5.36. The van der Waals surface area contributed by atoms with E-state index in [2.05, 4.69) is 4.72 Å². The quantitative estimate of drug-likeness (QED) is 0.598. The van der Waals surface area contributed by atoms with E-state index in [0.29, 0.717) is 13.0 Å². The second kappa shape index (κ2) is 4.76. The van der Waals surface area contributed by atoms with Gasteiger partial charge in [-0.15, -0.1) is 0 Å². The Morgan fingerprint density at radius 3 is 2.33 bits per heavy atom. The first kappa shape index (κ1) is 11.8. The van der Waals surface area contributed by atoms with E-state index >= 15 is 0 Å². The molecule has 0 aromatic heterocycles. The second-order valence-electron chi connectivity index (χ2n) is 2.95. The largest absolute Gasteiger partial charge is 0.328 e. The van der Waals surface area contributed by atoms with Crippen molar-refractivity contribution in [3.05, 3.63) is 0 Å². The highest BCUT2D eigenvalue weighted by Gasteiger charge is 2.11. The van der Waals surface area contributed by atoms with Crippen molar-refractivity contribution in [1.82, 2.24) is 9.03 Å². The Hall–Kier alpha value is -0.170. The lowest BCUT2D eigenvalue weighted by Gasteiger charge is -2.12. The monoisotopic (exact) mass is 195 g/mol. The van der Waals surface area contributed by atoms with E-state index in [0.717, 1.165) is 4.31 Å². The molecule has 0 saturated heterocycles. The summed E-state index contributed by atoms with van der Waals surface area (Å²) in [5.41, 5.74) is 5.45.